The van der Waals surface area contributed by atoms with Crippen molar-refractivity contribution in [3.8, 4) is 5.75 Å². The molecule has 0 radical (unpaired) electrons. The van der Waals surface area contributed by atoms with E-state index in [1.54, 1.807) is 17.2 Å². The van der Waals surface area contributed by atoms with Crippen LogP contribution in [0.2, 0.25) is 0 Å². The minimum Gasteiger partial charge on any atom is -0.502 e. The van der Waals surface area contributed by atoms with Gasteiger partial charge >= 0.3 is 5.69 Å². The van der Waals surface area contributed by atoms with E-state index in [0.717, 1.165) is 21.9 Å². The fourth-order valence-corrected chi connectivity index (χ4v) is 3.90. The zero-order chi connectivity index (χ0) is 20.5. The summed E-state index contributed by atoms with van der Waals surface area (Å²) in [5.41, 5.74) is 2.20. The quantitative estimate of drug-likeness (QED) is 0.463. The lowest BCUT2D eigenvalue weighted by Crippen LogP contribution is -2.29. The highest BCUT2D eigenvalue weighted by Crippen LogP contribution is 2.38. The number of hydrogen-bond acceptors (Lipinski definition) is 6. The molecule has 1 N–H and O–H groups in total. The minimum atomic E-state index is -0.704. The molecule has 29 heavy (non-hydrogen) atoms. The van der Waals surface area contributed by atoms with Crippen molar-refractivity contribution >= 4 is 27.5 Å². The van der Waals surface area contributed by atoms with Crippen LogP contribution < -0.4 is 0 Å². The number of aromatic nitrogens is 2. The first-order chi connectivity index (χ1) is 14.0. The van der Waals surface area contributed by atoms with Gasteiger partial charge in [0, 0.05) is 28.7 Å². The van der Waals surface area contributed by atoms with Gasteiger partial charge in [0.05, 0.1) is 28.9 Å². The first-order valence-electron chi connectivity index (χ1n) is 8.77. The molecule has 0 spiro atoms. The van der Waals surface area contributed by atoms with Crippen molar-refractivity contribution in [3.63, 3.8) is 0 Å². The fourth-order valence-electron chi connectivity index (χ4n) is 3.48. The average molecular weight is 455 g/mol. The molecule has 0 aliphatic carbocycles. The molecule has 146 valence electrons. The Kier molecular flexibility index (Phi) is 4.98. The molecule has 2 aromatic heterocycles. The number of fused-ring (bicyclic) bond motifs is 1. The van der Waals surface area contributed by atoms with Crippen molar-refractivity contribution in [3.05, 3.63) is 92.0 Å². The van der Waals surface area contributed by atoms with Crippen molar-refractivity contribution in [2.75, 3.05) is 0 Å². The van der Waals surface area contributed by atoms with Gasteiger partial charge in [0.15, 0.2) is 5.75 Å². The van der Waals surface area contributed by atoms with Crippen molar-refractivity contribution in [2.24, 2.45) is 0 Å². The monoisotopic (exact) mass is 454 g/mol. The van der Waals surface area contributed by atoms with Gasteiger partial charge in [-0.15, -0.1) is 0 Å². The zero-order valence-corrected chi connectivity index (χ0v) is 16.6. The van der Waals surface area contributed by atoms with E-state index in [9.17, 15) is 20.0 Å². The summed E-state index contributed by atoms with van der Waals surface area (Å²) in [4.78, 5) is 33.4. The van der Waals surface area contributed by atoms with E-state index < -0.39 is 16.4 Å². The van der Waals surface area contributed by atoms with Crippen LogP contribution in [0, 0.1) is 10.1 Å². The molecule has 1 atom stereocenters. The lowest BCUT2D eigenvalue weighted by atomic mass is 10.0. The standard InChI is InChI=1S/C20H15BrN4O4/c21-15-6-3-7-22-16(15)9-17-13-4-1-2-5-14(13)20(27)24(17)11-12-8-19(26)18(10-23-12)25(28)29/h1-8,10,17H,9,11H2,(H,23,26). The van der Waals surface area contributed by atoms with Gasteiger partial charge in [-0.3, -0.25) is 24.9 Å². The number of nitro groups is 1. The molecule has 8 nitrogen and oxygen atoms in total. The van der Waals surface area contributed by atoms with Crippen LogP contribution in [0.1, 0.15) is 33.4 Å². The minimum absolute atomic E-state index is 0.105. The van der Waals surface area contributed by atoms with Crippen LogP contribution in [0.15, 0.2) is 59.3 Å². The van der Waals surface area contributed by atoms with E-state index in [1.165, 1.54) is 6.07 Å². The lowest BCUT2D eigenvalue weighted by Gasteiger charge is -2.25. The second kappa shape index (κ2) is 7.59. The zero-order valence-electron chi connectivity index (χ0n) is 15.0. The second-order valence-corrected chi connectivity index (χ2v) is 7.45. The molecule has 0 bridgehead atoms. The third kappa shape index (κ3) is 3.56. The maximum Gasteiger partial charge on any atom is 0.328 e. The lowest BCUT2D eigenvalue weighted by molar-refractivity contribution is -0.386. The fraction of sp³-hybridized carbons (Fsp3) is 0.150. The molecule has 1 unspecified atom stereocenters. The highest BCUT2D eigenvalue weighted by Gasteiger charge is 2.37. The average Bonchev–Trinajstić information content (AvgIpc) is 2.95. The van der Waals surface area contributed by atoms with Crippen LogP contribution >= 0.6 is 15.9 Å². The molecule has 1 aliphatic rings. The Morgan fingerprint density at radius 3 is 2.72 bits per heavy atom. The number of pyridine rings is 2. The predicted molar refractivity (Wildman–Crippen MR) is 107 cm³/mol. The highest BCUT2D eigenvalue weighted by atomic mass is 79.9. The molecule has 0 fully saturated rings. The molecule has 9 heteroatoms. The van der Waals surface area contributed by atoms with Crippen molar-refractivity contribution in [1.29, 1.82) is 0 Å². The molecule has 1 aromatic carbocycles. The van der Waals surface area contributed by atoms with E-state index in [1.807, 2.05) is 30.3 Å². The SMILES string of the molecule is O=C1c2ccccc2C(Cc2ncccc2Br)N1Cc1cc(O)c([N+](=O)[O-])cn1. The van der Waals surface area contributed by atoms with Gasteiger partial charge in [-0.2, -0.15) is 0 Å². The summed E-state index contributed by atoms with van der Waals surface area (Å²) in [6.45, 7) is 0.105. The molecular formula is C20H15BrN4O4. The Labute approximate surface area is 174 Å². The van der Waals surface area contributed by atoms with Gasteiger partial charge in [0.1, 0.15) is 6.20 Å². The normalized spacial score (nSPS) is 15.4. The number of rotatable bonds is 5. The van der Waals surface area contributed by atoms with Crippen molar-refractivity contribution in [2.45, 2.75) is 19.0 Å². The summed E-state index contributed by atoms with van der Waals surface area (Å²) in [7, 11) is 0. The summed E-state index contributed by atoms with van der Waals surface area (Å²) in [6.07, 6.45) is 3.19. The maximum absolute atomic E-state index is 13.0. The first kappa shape index (κ1) is 19.0. The van der Waals surface area contributed by atoms with Gasteiger partial charge in [-0.25, -0.2) is 0 Å². The smallest absolute Gasteiger partial charge is 0.328 e. The van der Waals surface area contributed by atoms with E-state index in [2.05, 4.69) is 25.9 Å². The van der Waals surface area contributed by atoms with Crippen molar-refractivity contribution < 1.29 is 14.8 Å². The second-order valence-electron chi connectivity index (χ2n) is 6.59. The number of aromatic hydroxyl groups is 1. The third-order valence-corrected chi connectivity index (χ3v) is 5.58. The highest BCUT2D eigenvalue weighted by molar-refractivity contribution is 9.10. The van der Waals surface area contributed by atoms with Gasteiger partial charge < -0.3 is 10.0 Å². The van der Waals surface area contributed by atoms with Crippen LogP contribution in [-0.4, -0.2) is 30.8 Å². The summed E-state index contributed by atoms with van der Waals surface area (Å²) >= 11 is 3.50. The molecule has 0 saturated carbocycles. The molecule has 3 heterocycles. The summed E-state index contributed by atoms with van der Waals surface area (Å²) in [5, 5.41) is 20.8. The van der Waals surface area contributed by atoms with Crippen LogP contribution in [0.3, 0.4) is 0 Å². The maximum atomic E-state index is 13.0. The molecule has 4 rings (SSSR count). The van der Waals surface area contributed by atoms with Gasteiger partial charge in [0.25, 0.3) is 5.91 Å². The molecule has 3 aromatic rings. The topological polar surface area (TPSA) is 109 Å². The Morgan fingerprint density at radius 1 is 1.21 bits per heavy atom. The van der Waals surface area contributed by atoms with Crippen LogP contribution in [-0.2, 0) is 13.0 Å². The Hall–Kier alpha value is -3.33. The summed E-state index contributed by atoms with van der Waals surface area (Å²) < 4.78 is 0.850. The Bertz CT molecular complexity index is 1120. The number of carbonyl (C=O) groups excluding carboxylic acids is 1. The summed E-state index contributed by atoms with van der Waals surface area (Å²) in [5.74, 6) is -0.634. The summed E-state index contributed by atoms with van der Waals surface area (Å²) in [6, 6.07) is 12.0. The molecule has 1 aliphatic heterocycles. The largest absolute Gasteiger partial charge is 0.502 e. The van der Waals surface area contributed by atoms with E-state index in [4.69, 9.17) is 0 Å². The first-order valence-corrected chi connectivity index (χ1v) is 9.56. The number of amides is 1. The Morgan fingerprint density at radius 2 is 2.00 bits per heavy atom. The number of nitrogens with zero attached hydrogens (tertiary/aromatic N) is 4. The molecule has 0 saturated heterocycles. The van der Waals surface area contributed by atoms with Crippen LogP contribution in [0.5, 0.6) is 5.75 Å². The van der Waals surface area contributed by atoms with Gasteiger partial charge in [-0.05, 0) is 39.7 Å². The van der Waals surface area contributed by atoms with Gasteiger partial charge in [-0.1, -0.05) is 18.2 Å². The number of carbonyl (C=O) groups is 1. The van der Waals surface area contributed by atoms with Crippen molar-refractivity contribution in [1.82, 2.24) is 14.9 Å². The number of hydrogen-bond donors (Lipinski definition) is 1. The number of benzene rings is 1. The third-order valence-electron chi connectivity index (χ3n) is 4.86. The Balaban J connectivity index is 1.69. The van der Waals surface area contributed by atoms with Gasteiger partial charge in [0.2, 0.25) is 0 Å². The molecule has 1 amide bonds. The number of halogens is 1. The molecular weight excluding hydrogens is 440 g/mol. The van der Waals surface area contributed by atoms with E-state index >= 15 is 0 Å². The predicted octanol–water partition coefficient (Wildman–Crippen LogP) is 3.79. The van der Waals surface area contributed by atoms with E-state index in [0.29, 0.717) is 17.7 Å². The van der Waals surface area contributed by atoms with Crippen LogP contribution in [0.25, 0.3) is 0 Å². The van der Waals surface area contributed by atoms with E-state index in [-0.39, 0.29) is 18.5 Å². The van der Waals surface area contributed by atoms with Crippen LogP contribution in [0.4, 0.5) is 5.69 Å².